The largest absolute Gasteiger partial charge is 0.435 e. The van der Waals surface area contributed by atoms with Gasteiger partial charge in [-0.05, 0) is 48.7 Å². The number of benzene rings is 2. The molecule has 0 amide bonds. The van der Waals surface area contributed by atoms with Crippen LogP contribution >= 0.6 is 15.9 Å². The molecule has 3 N–H and O–H groups in total. The van der Waals surface area contributed by atoms with Gasteiger partial charge in [-0.1, -0.05) is 47.5 Å². The van der Waals surface area contributed by atoms with Gasteiger partial charge in [-0.15, -0.1) is 0 Å². The van der Waals surface area contributed by atoms with E-state index in [1.165, 1.54) is 24.7 Å². The van der Waals surface area contributed by atoms with Crippen LogP contribution in [0.5, 0.6) is 11.6 Å². The van der Waals surface area contributed by atoms with Gasteiger partial charge in [0.05, 0.1) is 0 Å². The third kappa shape index (κ3) is 4.36. The number of unbranched alkanes of at least 4 members (excludes halogenated alkanes) is 1. The number of pyridine rings is 1. The van der Waals surface area contributed by atoms with Crippen molar-refractivity contribution in [2.75, 3.05) is 11.1 Å². The van der Waals surface area contributed by atoms with Gasteiger partial charge in [0.15, 0.2) is 11.6 Å². The van der Waals surface area contributed by atoms with Gasteiger partial charge < -0.3 is 15.8 Å². The van der Waals surface area contributed by atoms with Crippen molar-refractivity contribution in [1.82, 2.24) is 15.0 Å². The smallest absolute Gasteiger partial charge is 0.248 e. The number of fused-ring (bicyclic) bond motifs is 1. The molecule has 0 saturated heterocycles. The SMILES string of the molecule is CCCCc1ccc(Nc2ncnc(Oc3ccc(Br)c4cccnc34)c2N)cc1. The van der Waals surface area contributed by atoms with Gasteiger partial charge in [-0.3, -0.25) is 4.98 Å². The van der Waals surface area contributed by atoms with Crippen LogP contribution in [-0.4, -0.2) is 15.0 Å². The molecule has 0 atom stereocenters. The van der Waals surface area contributed by atoms with Gasteiger partial charge in [-0.25, -0.2) is 4.98 Å². The van der Waals surface area contributed by atoms with Gasteiger partial charge >= 0.3 is 0 Å². The van der Waals surface area contributed by atoms with Crippen LogP contribution in [0.1, 0.15) is 25.3 Å². The van der Waals surface area contributed by atoms with Crippen LogP contribution < -0.4 is 15.8 Å². The number of aryl methyl sites for hydroxylation is 1. The Bertz CT molecular complexity index is 1160. The van der Waals surface area contributed by atoms with Crippen LogP contribution in [0.3, 0.4) is 0 Å². The molecule has 7 heteroatoms. The summed E-state index contributed by atoms with van der Waals surface area (Å²) in [5.74, 6) is 1.35. The Balaban J connectivity index is 1.57. The first kappa shape index (κ1) is 20.1. The fraction of sp³-hybridized carbons (Fsp3) is 0.174. The number of ether oxygens (including phenoxy) is 1. The van der Waals surface area contributed by atoms with Crippen molar-refractivity contribution in [3.05, 3.63) is 71.1 Å². The average Bonchev–Trinajstić information content (AvgIpc) is 2.78. The molecule has 0 saturated carbocycles. The molecule has 0 spiro atoms. The molecule has 2 heterocycles. The highest BCUT2D eigenvalue weighted by Gasteiger charge is 2.14. The molecule has 4 rings (SSSR count). The molecule has 0 unspecified atom stereocenters. The quantitative estimate of drug-likeness (QED) is 0.336. The highest BCUT2D eigenvalue weighted by Crippen LogP contribution is 2.35. The molecule has 0 radical (unpaired) electrons. The number of nitrogen functional groups attached to an aromatic ring is 1. The monoisotopic (exact) mass is 463 g/mol. The van der Waals surface area contributed by atoms with E-state index in [2.05, 4.69) is 55.3 Å². The minimum Gasteiger partial charge on any atom is -0.435 e. The van der Waals surface area contributed by atoms with Gasteiger partial charge in [0.25, 0.3) is 0 Å². The van der Waals surface area contributed by atoms with Crippen LogP contribution in [0, 0.1) is 0 Å². The number of aromatic nitrogens is 3. The van der Waals surface area contributed by atoms with Gasteiger partial charge in [0, 0.05) is 21.7 Å². The maximum Gasteiger partial charge on any atom is 0.248 e. The molecule has 0 aliphatic heterocycles. The minimum atomic E-state index is 0.279. The summed E-state index contributed by atoms with van der Waals surface area (Å²) in [6.07, 6.45) is 6.61. The van der Waals surface area contributed by atoms with E-state index in [0.717, 1.165) is 27.5 Å². The first-order valence-corrected chi connectivity index (χ1v) is 10.6. The van der Waals surface area contributed by atoms with Crippen molar-refractivity contribution in [3.8, 4) is 11.6 Å². The molecule has 2 aromatic carbocycles. The molecule has 0 aliphatic rings. The van der Waals surface area contributed by atoms with Crippen LogP contribution in [-0.2, 0) is 6.42 Å². The molecule has 0 aliphatic carbocycles. The van der Waals surface area contributed by atoms with Crippen LogP contribution in [0.25, 0.3) is 10.9 Å². The molecule has 2 aromatic heterocycles. The molecule has 6 nitrogen and oxygen atoms in total. The zero-order chi connectivity index (χ0) is 20.9. The predicted octanol–water partition coefficient (Wildman–Crippen LogP) is 6.25. The zero-order valence-corrected chi connectivity index (χ0v) is 18.2. The van der Waals surface area contributed by atoms with Crippen molar-refractivity contribution in [3.63, 3.8) is 0 Å². The van der Waals surface area contributed by atoms with Crippen LogP contribution in [0.2, 0.25) is 0 Å². The Morgan fingerprint density at radius 2 is 1.87 bits per heavy atom. The molecular weight excluding hydrogens is 442 g/mol. The summed E-state index contributed by atoms with van der Waals surface area (Å²) in [4.78, 5) is 12.9. The minimum absolute atomic E-state index is 0.279. The standard InChI is InChI=1S/C23H22BrN5O/c1-2-3-5-15-7-9-16(10-8-15)29-22-20(25)23(28-14-27-22)30-19-12-11-18(24)17-6-4-13-26-21(17)19/h4,6-14H,2-3,5,25H2,1H3,(H,27,28,29). The maximum atomic E-state index is 6.31. The van der Waals surface area contributed by atoms with Crippen molar-refractivity contribution >= 4 is 44.0 Å². The normalized spacial score (nSPS) is 10.9. The topological polar surface area (TPSA) is 86.0 Å². The second-order valence-corrected chi connectivity index (χ2v) is 7.77. The van der Waals surface area contributed by atoms with E-state index in [9.17, 15) is 0 Å². The second-order valence-electron chi connectivity index (χ2n) is 6.91. The van der Waals surface area contributed by atoms with Crippen molar-refractivity contribution in [2.24, 2.45) is 0 Å². The third-order valence-corrected chi connectivity index (χ3v) is 5.46. The van der Waals surface area contributed by atoms with Gasteiger partial charge in [-0.2, -0.15) is 4.98 Å². The number of anilines is 3. The summed E-state index contributed by atoms with van der Waals surface area (Å²) < 4.78 is 6.96. The Morgan fingerprint density at radius 1 is 1.03 bits per heavy atom. The lowest BCUT2D eigenvalue weighted by Gasteiger charge is -2.13. The van der Waals surface area contributed by atoms with E-state index in [0.29, 0.717) is 17.3 Å². The van der Waals surface area contributed by atoms with E-state index in [1.807, 2.05) is 36.4 Å². The Labute approximate surface area is 183 Å². The number of nitrogens with two attached hydrogens (primary N) is 1. The van der Waals surface area contributed by atoms with Gasteiger partial charge in [0.2, 0.25) is 5.88 Å². The fourth-order valence-corrected chi connectivity index (χ4v) is 3.58. The number of nitrogens with one attached hydrogen (secondary N) is 1. The van der Waals surface area contributed by atoms with Gasteiger partial charge in [0.1, 0.15) is 17.5 Å². The molecular formula is C23H22BrN5O. The Hall–Kier alpha value is -3.19. The van der Waals surface area contributed by atoms with E-state index in [4.69, 9.17) is 10.5 Å². The summed E-state index contributed by atoms with van der Waals surface area (Å²) in [6, 6.07) is 15.9. The van der Waals surface area contributed by atoms with Crippen molar-refractivity contribution in [2.45, 2.75) is 26.2 Å². The average molecular weight is 464 g/mol. The number of hydrogen-bond acceptors (Lipinski definition) is 6. The molecule has 0 bridgehead atoms. The lowest BCUT2D eigenvalue weighted by atomic mass is 10.1. The maximum absolute atomic E-state index is 6.31. The van der Waals surface area contributed by atoms with Crippen LogP contribution in [0.4, 0.5) is 17.2 Å². The number of nitrogens with zero attached hydrogens (tertiary/aromatic N) is 3. The number of hydrogen-bond donors (Lipinski definition) is 2. The van der Waals surface area contributed by atoms with Crippen molar-refractivity contribution in [1.29, 1.82) is 0 Å². The Morgan fingerprint density at radius 3 is 2.67 bits per heavy atom. The Kier molecular flexibility index (Phi) is 6.09. The lowest BCUT2D eigenvalue weighted by Crippen LogP contribution is -2.03. The first-order chi connectivity index (χ1) is 14.7. The summed E-state index contributed by atoms with van der Waals surface area (Å²) in [5, 5.41) is 4.20. The third-order valence-electron chi connectivity index (χ3n) is 4.77. The molecule has 30 heavy (non-hydrogen) atoms. The van der Waals surface area contributed by atoms with E-state index < -0.39 is 0 Å². The van der Waals surface area contributed by atoms with Crippen LogP contribution in [0.15, 0.2) is 65.5 Å². The van der Waals surface area contributed by atoms with E-state index >= 15 is 0 Å². The highest BCUT2D eigenvalue weighted by molar-refractivity contribution is 9.10. The second kappa shape index (κ2) is 9.09. The number of halogens is 1. The summed E-state index contributed by atoms with van der Waals surface area (Å²) in [6.45, 7) is 2.20. The number of rotatable bonds is 7. The molecule has 4 aromatic rings. The summed E-state index contributed by atoms with van der Waals surface area (Å²) >= 11 is 3.54. The highest BCUT2D eigenvalue weighted by atomic mass is 79.9. The fourth-order valence-electron chi connectivity index (χ4n) is 3.13. The molecule has 152 valence electrons. The predicted molar refractivity (Wildman–Crippen MR) is 124 cm³/mol. The lowest BCUT2D eigenvalue weighted by molar-refractivity contribution is 0.469. The van der Waals surface area contributed by atoms with E-state index in [-0.39, 0.29) is 5.88 Å². The molecule has 0 fully saturated rings. The first-order valence-electron chi connectivity index (χ1n) is 9.83. The summed E-state index contributed by atoms with van der Waals surface area (Å²) in [5.41, 5.74) is 9.58. The van der Waals surface area contributed by atoms with Crippen molar-refractivity contribution < 1.29 is 4.74 Å². The van der Waals surface area contributed by atoms with E-state index in [1.54, 1.807) is 6.20 Å². The zero-order valence-electron chi connectivity index (χ0n) is 16.6. The summed E-state index contributed by atoms with van der Waals surface area (Å²) in [7, 11) is 0.